The minimum atomic E-state index is -1.03. The molecule has 1 fully saturated rings. The molecular weight excluding hydrogens is 391 g/mol. The molecule has 1 saturated carbocycles. The van der Waals surface area contributed by atoms with Gasteiger partial charge in [0, 0.05) is 11.5 Å². The van der Waals surface area contributed by atoms with Crippen LogP contribution in [0.1, 0.15) is 29.5 Å². The normalized spacial score (nSPS) is 26.5. The Labute approximate surface area is 175 Å². The molecule has 0 spiro atoms. The van der Waals surface area contributed by atoms with Gasteiger partial charge in [0.1, 0.15) is 11.5 Å². The van der Waals surface area contributed by atoms with E-state index in [1.807, 2.05) is 55.5 Å². The Morgan fingerprint density at radius 3 is 2.29 bits per heavy atom. The zero-order valence-corrected chi connectivity index (χ0v) is 17.0. The highest BCUT2D eigenvalue weighted by atomic mass is 35.5. The number of fused-ring (bicyclic) bond motifs is 2. The molecule has 0 amide bonds. The molecule has 1 aliphatic carbocycles. The minimum Gasteiger partial charge on any atom is -0.494 e. The molecule has 2 nitrogen and oxygen atoms in total. The average Bonchev–Trinajstić information content (AvgIpc) is 3.23. The van der Waals surface area contributed by atoms with Gasteiger partial charge in [0.2, 0.25) is 0 Å². The third kappa shape index (κ3) is 2.41. The quantitative estimate of drug-likeness (QED) is 0.469. The van der Waals surface area contributed by atoms with Gasteiger partial charge in [0.05, 0.1) is 12.5 Å². The molecule has 0 radical (unpaired) electrons. The highest BCUT2D eigenvalue weighted by molar-refractivity contribution is 6.52. The van der Waals surface area contributed by atoms with Crippen molar-refractivity contribution in [3.05, 3.63) is 95.6 Å². The van der Waals surface area contributed by atoms with E-state index in [0.29, 0.717) is 6.61 Å². The fourth-order valence-corrected chi connectivity index (χ4v) is 5.57. The maximum Gasteiger partial charge on any atom is 0.174 e. The third-order valence-corrected chi connectivity index (χ3v) is 6.88. The van der Waals surface area contributed by atoms with Crippen molar-refractivity contribution in [3.8, 4) is 11.5 Å². The van der Waals surface area contributed by atoms with E-state index >= 15 is 0 Å². The predicted molar refractivity (Wildman–Crippen MR) is 113 cm³/mol. The zero-order chi connectivity index (χ0) is 19.4. The number of alkyl halides is 2. The zero-order valence-electron chi connectivity index (χ0n) is 15.4. The Balaban J connectivity index is 1.66. The van der Waals surface area contributed by atoms with Crippen LogP contribution >= 0.6 is 23.2 Å². The molecule has 1 heterocycles. The molecule has 2 aliphatic rings. The van der Waals surface area contributed by atoms with Crippen molar-refractivity contribution in [1.82, 2.24) is 0 Å². The number of hydrogen-bond donors (Lipinski definition) is 0. The molecule has 142 valence electrons. The molecule has 3 atom stereocenters. The van der Waals surface area contributed by atoms with E-state index < -0.39 is 9.93 Å². The lowest BCUT2D eigenvalue weighted by atomic mass is 9.82. The number of halogens is 2. The highest BCUT2D eigenvalue weighted by Gasteiger charge is 2.83. The summed E-state index contributed by atoms with van der Waals surface area (Å²) in [5.74, 6) is 1.64. The Morgan fingerprint density at radius 1 is 0.893 bits per heavy atom. The van der Waals surface area contributed by atoms with Crippen molar-refractivity contribution in [3.63, 3.8) is 0 Å². The van der Waals surface area contributed by atoms with Gasteiger partial charge in [-0.3, -0.25) is 0 Å². The van der Waals surface area contributed by atoms with Gasteiger partial charge in [0.15, 0.2) is 9.93 Å². The number of para-hydroxylation sites is 1. The van der Waals surface area contributed by atoms with Gasteiger partial charge in [-0.05, 0) is 36.2 Å². The van der Waals surface area contributed by atoms with E-state index in [4.69, 9.17) is 32.7 Å². The van der Waals surface area contributed by atoms with E-state index in [1.54, 1.807) is 0 Å². The number of hydrogen-bond acceptors (Lipinski definition) is 2. The second kappa shape index (κ2) is 6.43. The Kier molecular flexibility index (Phi) is 4.12. The lowest BCUT2D eigenvalue weighted by Gasteiger charge is -2.31. The highest BCUT2D eigenvalue weighted by Crippen LogP contribution is 2.77. The average molecular weight is 411 g/mol. The Hall–Kier alpha value is -2.16. The van der Waals surface area contributed by atoms with Crippen LogP contribution in [0.3, 0.4) is 0 Å². The van der Waals surface area contributed by atoms with Crippen molar-refractivity contribution in [1.29, 1.82) is 0 Å². The van der Waals surface area contributed by atoms with Gasteiger partial charge in [-0.25, -0.2) is 0 Å². The molecule has 3 aromatic carbocycles. The molecule has 0 saturated heterocycles. The van der Waals surface area contributed by atoms with Gasteiger partial charge >= 0.3 is 0 Å². The Morgan fingerprint density at radius 2 is 1.57 bits per heavy atom. The smallest absolute Gasteiger partial charge is 0.174 e. The summed E-state index contributed by atoms with van der Waals surface area (Å²) >= 11 is 13.9. The molecular formula is C24H20Cl2O2. The first-order chi connectivity index (χ1) is 13.6. The molecule has 28 heavy (non-hydrogen) atoms. The van der Waals surface area contributed by atoms with E-state index in [-0.39, 0.29) is 11.8 Å². The molecule has 0 unspecified atom stereocenters. The topological polar surface area (TPSA) is 18.5 Å². The monoisotopic (exact) mass is 410 g/mol. The van der Waals surface area contributed by atoms with E-state index in [0.717, 1.165) is 22.6 Å². The fourth-order valence-electron chi connectivity index (χ4n) is 4.59. The van der Waals surface area contributed by atoms with Gasteiger partial charge < -0.3 is 9.47 Å². The summed E-state index contributed by atoms with van der Waals surface area (Å²) < 4.78 is 11.1. The van der Waals surface area contributed by atoms with E-state index in [9.17, 15) is 0 Å². The van der Waals surface area contributed by atoms with Crippen molar-refractivity contribution in [2.24, 2.45) is 5.92 Å². The number of benzene rings is 3. The predicted octanol–water partition coefficient (Wildman–Crippen LogP) is 6.31. The molecule has 3 aromatic rings. The van der Waals surface area contributed by atoms with Crippen molar-refractivity contribution in [2.75, 3.05) is 6.61 Å². The van der Waals surface area contributed by atoms with Gasteiger partial charge in [0.25, 0.3) is 0 Å². The van der Waals surface area contributed by atoms with Crippen LogP contribution in [-0.4, -0.2) is 10.9 Å². The maximum absolute atomic E-state index is 6.95. The lowest BCUT2D eigenvalue weighted by molar-refractivity contribution is 0.137. The minimum absolute atomic E-state index is 0.0627. The second-order valence-electron chi connectivity index (χ2n) is 7.32. The summed E-state index contributed by atoms with van der Waals surface area (Å²) in [5, 5.41) is 0. The van der Waals surface area contributed by atoms with E-state index in [1.165, 1.54) is 5.56 Å². The van der Waals surface area contributed by atoms with Gasteiger partial charge in [-0.15, -0.1) is 0 Å². The Bertz CT molecular complexity index is 1000. The third-order valence-electron chi connectivity index (χ3n) is 5.85. The summed E-state index contributed by atoms with van der Waals surface area (Å²) in [6, 6.07) is 26.5. The molecule has 0 aromatic heterocycles. The van der Waals surface area contributed by atoms with Crippen LogP contribution in [0.4, 0.5) is 0 Å². The van der Waals surface area contributed by atoms with Crippen LogP contribution in [0.5, 0.6) is 11.5 Å². The van der Waals surface area contributed by atoms with Crippen molar-refractivity contribution in [2.45, 2.75) is 22.8 Å². The SMILES string of the molecule is CCOc1ccc([C@@]23Oc4ccccc4[C@H](c4ccccc4)[C@@H]2C3(Cl)Cl)cc1. The van der Waals surface area contributed by atoms with Crippen LogP contribution in [-0.2, 0) is 5.60 Å². The van der Waals surface area contributed by atoms with Gasteiger partial charge in [-0.2, -0.15) is 0 Å². The second-order valence-corrected chi connectivity index (χ2v) is 8.71. The standard InChI is InChI=1S/C24H20Cl2O2/c1-2-27-18-14-12-17(13-15-18)23-22(24(23,25)26)21(16-8-4-3-5-9-16)19-10-6-7-11-20(19)28-23/h3-15,21-22H,2H2,1H3/t21-,22-,23+/m0/s1. The van der Waals surface area contributed by atoms with Crippen LogP contribution in [0.15, 0.2) is 78.9 Å². The largest absolute Gasteiger partial charge is 0.494 e. The van der Waals surface area contributed by atoms with Crippen molar-refractivity contribution < 1.29 is 9.47 Å². The lowest BCUT2D eigenvalue weighted by Crippen LogP contribution is -2.28. The van der Waals surface area contributed by atoms with Crippen molar-refractivity contribution >= 4 is 23.2 Å². The number of ether oxygens (including phenoxy) is 2. The molecule has 0 bridgehead atoms. The molecule has 1 aliphatic heterocycles. The summed E-state index contributed by atoms with van der Waals surface area (Å²) in [6.45, 7) is 2.60. The number of rotatable bonds is 4. The molecule has 5 rings (SSSR count). The summed E-state index contributed by atoms with van der Waals surface area (Å²) in [7, 11) is 0. The first-order valence-corrected chi connectivity index (χ1v) is 10.3. The van der Waals surface area contributed by atoms with Crippen LogP contribution in [0, 0.1) is 5.92 Å². The van der Waals surface area contributed by atoms with Crippen LogP contribution in [0.2, 0.25) is 0 Å². The van der Waals surface area contributed by atoms with Crippen LogP contribution < -0.4 is 9.47 Å². The molecule has 0 N–H and O–H groups in total. The molecule has 4 heteroatoms. The fraction of sp³-hybridized carbons (Fsp3) is 0.250. The van der Waals surface area contributed by atoms with Crippen LogP contribution in [0.25, 0.3) is 0 Å². The summed E-state index contributed by atoms with van der Waals surface area (Å²) in [6.07, 6.45) is 0. The summed E-state index contributed by atoms with van der Waals surface area (Å²) in [4.78, 5) is 0. The van der Waals surface area contributed by atoms with E-state index in [2.05, 4.69) is 30.3 Å². The van der Waals surface area contributed by atoms with Gasteiger partial charge in [-0.1, -0.05) is 83.9 Å². The maximum atomic E-state index is 6.95. The first kappa shape index (κ1) is 17.9. The summed E-state index contributed by atoms with van der Waals surface area (Å²) in [5.41, 5.74) is 2.52. The first-order valence-electron chi connectivity index (χ1n) is 9.53.